The van der Waals surface area contributed by atoms with Crippen LogP contribution in [-0.2, 0) is 4.79 Å². The summed E-state index contributed by atoms with van der Waals surface area (Å²) in [6.45, 7) is 0. The van der Waals surface area contributed by atoms with Crippen molar-refractivity contribution in [2.75, 3.05) is 10.6 Å². The van der Waals surface area contributed by atoms with E-state index >= 15 is 0 Å². The van der Waals surface area contributed by atoms with E-state index in [1.807, 2.05) is 54.6 Å². The van der Waals surface area contributed by atoms with Crippen LogP contribution in [0.25, 0.3) is 10.9 Å². The molecule has 0 saturated heterocycles. The molecule has 0 atom stereocenters. The van der Waals surface area contributed by atoms with Crippen LogP contribution in [0.5, 0.6) is 0 Å². The minimum atomic E-state index is -0.190. The predicted molar refractivity (Wildman–Crippen MR) is 115 cm³/mol. The highest BCUT2D eigenvalue weighted by Gasteiger charge is 2.25. The van der Waals surface area contributed by atoms with Crippen LogP contribution < -0.4 is 16.4 Å². The van der Waals surface area contributed by atoms with Gasteiger partial charge < -0.3 is 16.4 Å². The lowest BCUT2D eigenvalue weighted by Crippen LogP contribution is -2.32. The maximum atomic E-state index is 11.4. The monoisotopic (exact) mass is 397 g/mol. The van der Waals surface area contributed by atoms with Crippen LogP contribution in [-0.4, -0.2) is 21.9 Å². The van der Waals surface area contributed by atoms with E-state index < -0.39 is 0 Å². The number of hydrogen-bond donors (Lipinski definition) is 3. The smallest absolute Gasteiger partial charge is 0.225 e. The molecule has 1 aliphatic carbocycles. The molecule has 1 aromatic heterocycles. The van der Waals surface area contributed by atoms with Crippen LogP contribution in [0.2, 0.25) is 0 Å². The highest BCUT2D eigenvalue weighted by atomic mass is 35.5. The first-order valence-electron chi connectivity index (χ1n) is 9.34. The van der Waals surface area contributed by atoms with Crippen molar-refractivity contribution in [2.45, 2.75) is 31.7 Å². The van der Waals surface area contributed by atoms with Gasteiger partial charge in [-0.25, -0.2) is 4.98 Å². The van der Waals surface area contributed by atoms with E-state index in [0.717, 1.165) is 48.1 Å². The van der Waals surface area contributed by atoms with Crippen molar-refractivity contribution in [3.05, 3.63) is 54.6 Å². The van der Waals surface area contributed by atoms with Crippen LogP contribution >= 0.6 is 12.4 Å². The van der Waals surface area contributed by atoms with Gasteiger partial charge in [-0.1, -0.05) is 30.3 Å². The van der Waals surface area contributed by atoms with Gasteiger partial charge >= 0.3 is 0 Å². The van der Waals surface area contributed by atoms with Crippen LogP contribution in [0.15, 0.2) is 54.6 Å². The molecule has 1 saturated carbocycles. The average Bonchev–Trinajstić information content (AvgIpc) is 2.69. The van der Waals surface area contributed by atoms with E-state index in [1.165, 1.54) is 0 Å². The number of primary amides is 1. The molecular formula is C21H24ClN5O. The fourth-order valence-electron chi connectivity index (χ4n) is 3.60. The molecule has 2 aromatic carbocycles. The normalized spacial score (nSPS) is 18.9. The van der Waals surface area contributed by atoms with Gasteiger partial charge in [0, 0.05) is 23.0 Å². The van der Waals surface area contributed by atoms with Crippen molar-refractivity contribution in [1.82, 2.24) is 9.97 Å². The molecule has 0 bridgehead atoms. The van der Waals surface area contributed by atoms with Crippen LogP contribution in [0.4, 0.5) is 17.5 Å². The molecular weight excluding hydrogens is 374 g/mol. The van der Waals surface area contributed by atoms with E-state index in [4.69, 9.17) is 10.7 Å². The number of anilines is 3. The van der Waals surface area contributed by atoms with Gasteiger partial charge in [0.2, 0.25) is 11.9 Å². The number of halogens is 1. The van der Waals surface area contributed by atoms with Crippen LogP contribution in [0, 0.1) is 5.92 Å². The zero-order valence-electron chi connectivity index (χ0n) is 15.5. The summed E-state index contributed by atoms with van der Waals surface area (Å²) in [5.74, 6) is 1.19. The molecule has 4 rings (SSSR count). The van der Waals surface area contributed by atoms with Crippen molar-refractivity contribution >= 4 is 46.7 Å². The molecule has 6 nitrogen and oxygen atoms in total. The average molecular weight is 398 g/mol. The zero-order chi connectivity index (χ0) is 18.6. The minimum Gasteiger partial charge on any atom is -0.369 e. The number of benzene rings is 2. The number of carbonyl (C=O) groups is 1. The van der Waals surface area contributed by atoms with Gasteiger partial charge in [0.25, 0.3) is 0 Å². The molecule has 4 N–H and O–H groups in total. The highest BCUT2D eigenvalue weighted by Crippen LogP contribution is 2.28. The fourth-order valence-corrected chi connectivity index (χ4v) is 3.60. The molecule has 0 spiro atoms. The lowest BCUT2D eigenvalue weighted by Gasteiger charge is -2.27. The summed E-state index contributed by atoms with van der Waals surface area (Å²) in [6, 6.07) is 18.2. The maximum Gasteiger partial charge on any atom is 0.225 e. The maximum absolute atomic E-state index is 11.4. The Morgan fingerprint density at radius 1 is 0.929 bits per heavy atom. The molecule has 1 heterocycles. The quantitative estimate of drug-likeness (QED) is 0.598. The second kappa shape index (κ2) is 8.89. The minimum absolute atomic E-state index is 0. The number of amides is 1. The van der Waals surface area contributed by atoms with Crippen LogP contribution in [0.3, 0.4) is 0 Å². The number of nitrogens with two attached hydrogens (primary N) is 1. The van der Waals surface area contributed by atoms with Gasteiger partial charge in [0.15, 0.2) is 0 Å². The van der Waals surface area contributed by atoms with Gasteiger partial charge in [0.1, 0.15) is 5.82 Å². The lowest BCUT2D eigenvalue weighted by molar-refractivity contribution is -0.122. The Bertz CT molecular complexity index is 942. The number of nitrogens with one attached hydrogen (secondary N) is 2. The summed E-state index contributed by atoms with van der Waals surface area (Å²) < 4.78 is 0. The Kier molecular flexibility index (Phi) is 6.31. The lowest BCUT2D eigenvalue weighted by atomic mass is 9.86. The van der Waals surface area contributed by atoms with Gasteiger partial charge in [-0.05, 0) is 49.9 Å². The molecule has 3 aromatic rings. The second-order valence-electron chi connectivity index (χ2n) is 7.00. The van der Waals surface area contributed by atoms with Gasteiger partial charge in [-0.2, -0.15) is 4.98 Å². The number of nitrogens with zero attached hydrogens (tertiary/aromatic N) is 2. The van der Waals surface area contributed by atoms with Gasteiger partial charge in [0.05, 0.1) is 5.52 Å². The second-order valence-corrected chi connectivity index (χ2v) is 7.00. The van der Waals surface area contributed by atoms with E-state index in [1.54, 1.807) is 0 Å². The molecule has 7 heteroatoms. The van der Waals surface area contributed by atoms with Crippen molar-refractivity contribution in [3.63, 3.8) is 0 Å². The third-order valence-electron chi connectivity index (χ3n) is 5.10. The predicted octanol–water partition coefficient (Wildman–Crippen LogP) is 4.25. The van der Waals surface area contributed by atoms with E-state index in [-0.39, 0.29) is 30.3 Å². The Morgan fingerprint density at radius 2 is 1.61 bits per heavy atom. The fraction of sp³-hybridized carbons (Fsp3) is 0.286. The number of carbonyl (C=O) groups excluding carboxylic acids is 1. The first-order valence-corrected chi connectivity index (χ1v) is 9.34. The third-order valence-corrected chi connectivity index (χ3v) is 5.10. The summed E-state index contributed by atoms with van der Waals surface area (Å²) >= 11 is 0. The third kappa shape index (κ3) is 4.51. The summed E-state index contributed by atoms with van der Waals surface area (Å²) in [6.07, 6.45) is 3.42. The van der Waals surface area contributed by atoms with Crippen molar-refractivity contribution in [1.29, 1.82) is 0 Å². The molecule has 1 fully saturated rings. The Balaban J connectivity index is 0.00000225. The Hall–Kier alpha value is -2.86. The number of rotatable bonds is 5. The number of para-hydroxylation sites is 2. The van der Waals surface area contributed by atoms with Gasteiger partial charge in [-0.15, -0.1) is 12.4 Å². The molecule has 1 amide bonds. The van der Waals surface area contributed by atoms with Crippen LogP contribution in [0.1, 0.15) is 25.7 Å². The van der Waals surface area contributed by atoms with E-state index in [2.05, 4.69) is 15.6 Å². The molecule has 146 valence electrons. The summed E-state index contributed by atoms with van der Waals surface area (Å²) in [5.41, 5.74) is 7.30. The number of fused-ring (bicyclic) bond motifs is 1. The standard InChI is InChI=1S/C21H23N5O.ClH/c22-19(27)14-10-12-16(13-11-14)24-21-25-18-9-5-4-8-17(18)20(26-21)23-15-6-2-1-3-7-15;/h1-9,14,16H,10-13H2,(H2,22,27)(H2,23,24,25,26);1H/t14-,16-;. The molecule has 1 aliphatic rings. The zero-order valence-corrected chi connectivity index (χ0v) is 16.3. The molecule has 0 radical (unpaired) electrons. The summed E-state index contributed by atoms with van der Waals surface area (Å²) in [5, 5.41) is 7.81. The van der Waals surface area contributed by atoms with Crippen molar-refractivity contribution in [2.24, 2.45) is 11.7 Å². The molecule has 0 unspecified atom stereocenters. The number of aromatic nitrogens is 2. The number of hydrogen-bond acceptors (Lipinski definition) is 5. The summed E-state index contributed by atoms with van der Waals surface area (Å²) in [7, 11) is 0. The Labute approximate surface area is 170 Å². The Morgan fingerprint density at radius 3 is 2.32 bits per heavy atom. The molecule has 28 heavy (non-hydrogen) atoms. The first kappa shape index (κ1) is 19.9. The summed E-state index contributed by atoms with van der Waals surface area (Å²) in [4.78, 5) is 20.7. The highest BCUT2D eigenvalue weighted by molar-refractivity contribution is 5.91. The van der Waals surface area contributed by atoms with Gasteiger partial charge in [-0.3, -0.25) is 4.79 Å². The van der Waals surface area contributed by atoms with Crippen molar-refractivity contribution < 1.29 is 4.79 Å². The SMILES string of the molecule is Cl.NC(=O)[C@H]1CC[C@H](Nc2nc(Nc3ccccc3)c3ccccc3n2)CC1. The van der Waals surface area contributed by atoms with E-state index in [0.29, 0.717) is 5.95 Å². The largest absolute Gasteiger partial charge is 0.369 e. The van der Waals surface area contributed by atoms with E-state index in [9.17, 15) is 4.79 Å². The first-order chi connectivity index (χ1) is 13.2. The topological polar surface area (TPSA) is 92.9 Å². The van der Waals surface area contributed by atoms with Crippen molar-refractivity contribution in [3.8, 4) is 0 Å². The molecule has 0 aliphatic heterocycles.